The van der Waals surface area contributed by atoms with Crippen molar-refractivity contribution in [1.82, 2.24) is 19.7 Å². The highest BCUT2D eigenvalue weighted by Gasteiger charge is 2.25. The maximum Gasteiger partial charge on any atom is 0.264 e. The van der Waals surface area contributed by atoms with Crippen molar-refractivity contribution in [1.29, 1.82) is 0 Å². The van der Waals surface area contributed by atoms with Gasteiger partial charge in [0.15, 0.2) is 23.9 Å². The lowest BCUT2D eigenvalue weighted by atomic mass is 9.96. The topological polar surface area (TPSA) is 98.3 Å². The summed E-state index contributed by atoms with van der Waals surface area (Å²) in [6.07, 6.45) is 5.84. The molecule has 0 spiro atoms. The predicted molar refractivity (Wildman–Crippen MR) is 127 cm³/mol. The van der Waals surface area contributed by atoms with Gasteiger partial charge >= 0.3 is 0 Å². The summed E-state index contributed by atoms with van der Waals surface area (Å²) >= 11 is 1.72. The highest BCUT2D eigenvalue weighted by Crippen LogP contribution is 2.38. The monoisotopic (exact) mass is 468 g/mol. The number of hydrogen-bond donors (Lipinski definition) is 1. The number of nitrogens with zero attached hydrogens (tertiary/aromatic N) is 5. The van der Waals surface area contributed by atoms with Gasteiger partial charge in [0.25, 0.3) is 5.91 Å². The third kappa shape index (κ3) is 4.31. The van der Waals surface area contributed by atoms with Crippen molar-refractivity contribution in [3.63, 3.8) is 0 Å². The lowest BCUT2D eigenvalue weighted by molar-refractivity contribution is -0.120. The van der Waals surface area contributed by atoms with Gasteiger partial charge in [0.2, 0.25) is 5.82 Å². The summed E-state index contributed by atoms with van der Waals surface area (Å²) in [4.78, 5) is 17.8. The first-order chi connectivity index (χ1) is 16.0. The Kier molecular flexibility index (Phi) is 6.01. The normalized spacial score (nSPS) is 17.7. The molecule has 0 bridgehead atoms. The van der Waals surface area contributed by atoms with E-state index in [1.165, 1.54) is 12.0 Å². The van der Waals surface area contributed by atoms with Gasteiger partial charge in [-0.2, -0.15) is 0 Å². The Bertz CT molecular complexity index is 1170. The van der Waals surface area contributed by atoms with Crippen LogP contribution in [0.15, 0.2) is 28.1 Å². The Balaban J connectivity index is 1.14. The minimum absolute atomic E-state index is 0.0163. The molecule has 174 valence electrons. The Morgan fingerprint density at radius 2 is 2.15 bits per heavy atom. The fourth-order valence-electron chi connectivity index (χ4n) is 4.38. The molecule has 1 N–H and O–H groups in total. The summed E-state index contributed by atoms with van der Waals surface area (Å²) in [5, 5.41) is 13.1. The van der Waals surface area contributed by atoms with Crippen molar-refractivity contribution in [3.05, 3.63) is 29.8 Å². The van der Waals surface area contributed by atoms with Crippen LogP contribution >= 0.6 is 11.8 Å². The molecule has 2 aromatic heterocycles. The molecule has 2 aliphatic heterocycles. The van der Waals surface area contributed by atoms with Crippen LogP contribution in [0, 0.1) is 12.8 Å². The van der Waals surface area contributed by atoms with Gasteiger partial charge in [-0.1, -0.05) is 11.8 Å². The minimum Gasteiger partial charge on any atom is -0.482 e. The summed E-state index contributed by atoms with van der Waals surface area (Å²) in [5.41, 5.74) is 4.04. The van der Waals surface area contributed by atoms with Crippen LogP contribution in [0.4, 0.5) is 11.4 Å². The predicted octanol–water partition coefficient (Wildman–Crippen LogP) is 3.68. The molecule has 1 unspecified atom stereocenters. The lowest BCUT2D eigenvalue weighted by Gasteiger charge is -2.27. The van der Waals surface area contributed by atoms with Gasteiger partial charge < -0.3 is 23.9 Å². The standard InChI is InChI=1S/C23H28N6O3S/c1-14-21(32-13-25-14)22-26-27-23(29(22)3)33-8-4-5-15-6-7-16-9-19-18(10-17(16)24-11-15)28(2)20(30)12-31-19/h9-10,13,15,24H,4-8,11-12H2,1-3H3. The number of ether oxygens (including phenoxy) is 1. The second kappa shape index (κ2) is 9.09. The maximum absolute atomic E-state index is 12.0. The molecule has 0 saturated heterocycles. The second-order valence-electron chi connectivity index (χ2n) is 8.63. The van der Waals surface area contributed by atoms with Crippen LogP contribution in [0.2, 0.25) is 0 Å². The number of oxazole rings is 1. The van der Waals surface area contributed by atoms with Gasteiger partial charge in [-0.3, -0.25) is 4.79 Å². The molecule has 1 amide bonds. The molecule has 9 nitrogen and oxygen atoms in total. The molecule has 3 aromatic rings. The average Bonchev–Trinajstić information content (AvgIpc) is 3.33. The molecular weight excluding hydrogens is 440 g/mol. The van der Waals surface area contributed by atoms with Crippen LogP contribution in [0.25, 0.3) is 11.6 Å². The minimum atomic E-state index is -0.0163. The van der Waals surface area contributed by atoms with Gasteiger partial charge in [0, 0.05) is 32.1 Å². The molecule has 33 heavy (non-hydrogen) atoms. The van der Waals surface area contributed by atoms with E-state index in [-0.39, 0.29) is 12.5 Å². The van der Waals surface area contributed by atoms with E-state index in [9.17, 15) is 4.79 Å². The molecule has 1 atom stereocenters. The molecular formula is C23H28N6O3S. The number of nitrogens with one attached hydrogen (secondary N) is 1. The van der Waals surface area contributed by atoms with Crippen LogP contribution in [0.3, 0.4) is 0 Å². The Labute approximate surface area is 196 Å². The number of aryl methyl sites for hydroxylation is 2. The molecule has 2 aliphatic rings. The van der Waals surface area contributed by atoms with Crippen molar-refractivity contribution >= 4 is 29.0 Å². The summed E-state index contributed by atoms with van der Waals surface area (Å²) in [6.45, 7) is 2.95. The lowest BCUT2D eigenvalue weighted by Crippen LogP contribution is -2.35. The SMILES string of the molecule is Cc1ncoc1-c1nnc(SCCCC2CCc3cc4c(cc3NC2)N(C)C(=O)CO4)n1C. The van der Waals surface area contributed by atoms with Gasteiger partial charge in [-0.05, 0) is 56.2 Å². The molecule has 4 heterocycles. The number of anilines is 2. The first-order valence-corrected chi connectivity index (χ1v) is 12.2. The quantitative estimate of drug-likeness (QED) is 0.432. The van der Waals surface area contributed by atoms with Crippen molar-refractivity contribution < 1.29 is 13.9 Å². The number of carbonyl (C=O) groups is 1. The third-order valence-electron chi connectivity index (χ3n) is 6.45. The van der Waals surface area contributed by atoms with Crippen molar-refractivity contribution in [2.45, 2.75) is 37.8 Å². The molecule has 1 aromatic carbocycles. The smallest absolute Gasteiger partial charge is 0.264 e. The molecule has 5 rings (SSSR count). The summed E-state index contributed by atoms with van der Waals surface area (Å²) in [5.74, 6) is 3.75. The van der Waals surface area contributed by atoms with Crippen molar-refractivity contribution in [2.24, 2.45) is 13.0 Å². The van der Waals surface area contributed by atoms with E-state index in [0.717, 1.165) is 66.0 Å². The zero-order chi connectivity index (χ0) is 22.9. The van der Waals surface area contributed by atoms with Gasteiger partial charge in [0.1, 0.15) is 5.75 Å². The van der Waals surface area contributed by atoms with Crippen LogP contribution in [-0.2, 0) is 18.3 Å². The number of likely N-dealkylation sites (N-methyl/N-ethyl adjacent to an activating group) is 1. The number of fused-ring (bicyclic) bond motifs is 2. The molecule has 0 fully saturated rings. The maximum atomic E-state index is 12.0. The summed E-state index contributed by atoms with van der Waals surface area (Å²) < 4.78 is 13.1. The van der Waals surface area contributed by atoms with E-state index < -0.39 is 0 Å². The third-order valence-corrected chi connectivity index (χ3v) is 7.55. The van der Waals surface area contributed by atoms with E-state index >= 15 is 0 Å². The number of rotatable bonds is 6. The number of carbonyl (C=O) groups excluding carboxylic acids is 1. The highest BCUT2D eigenvalue weighted by molar-refractivity contribution is 7.99. The van der Waals surface area contributed by atoms with Gasteiger partial charge in [0.05, 0.1) is 11.4 Å². The number of aromatic nitrogens is 4. The molecule has 0 aliphatic carbocycles. The zero-order valence-electron chi connectivity index (χ0n) is 19.1. The van der Waals surface area contributed by atoms with Gasteiger partial charge in [-0.25, -0.2) is 4.98 Å². The van der Waals surface area contributed by atoms with E-state index in [4.69, 9.17) is 9.15 Å². The highest BCUT2D eigenvalue weighted by atomic mass is 32.2. The van der Waals surface area contributed by atoms with Gasteiger partial charge in [-0.15, -0.1) is 10.2 Å². The average molecular weight is 469 g/mol. The second-order valence-corrected chi connectivity index (χ2v) is 9.69. The number of hydrogen-bond acceptors (Lipinski definition) is 8. The summed E-state index contributed by atoms with van der Waals surface area (Å²) in [7, 11) is 3.76. The Morgan fingerprint density at radius 3 is 2.97 bits per heavy atom. The zero-order valence-corrected chi connectivity index (χ0v) is 19.9. The van der Waals surface area contributed by atoms with Crippen LogP contribution in [0.1, 0.15) is 30.5 Å². The Morgan fingerprint density at radius 1 is 1.27 bits per heavy atom. The molecule has 0 radical (unpaired) electrons. The number of thioether (sulfide) groups is 1. The van der Waals surface area contributed by atoms with Crippen molar-refractivity contribution in [2.75, 3.05) is 36.2 Å². The number of benzene rings is 1. The van der Waals surface area contributed by atoms with Crippen LogP contribution in [-0.4, -0.2) is 51.6 Å². The first kappa shape index (κ1) is 21.8. The van der Waals surface area contributed by atoms with Crippen LogP contribution < -0.4 is 15.0 Å². The Hall–Kier alpha value is -3.01. The summed E-state index contributed by atoms with van der Waals surface area (Å²) in [6, 6.07) is 4.16. The van der Waals surface area contributed by atoms with Crippen molar-refractivity contribution in [3.8, 4) is 17.3 Å². The molecule has 10 heteroatoms. The van der Waals surface area contributed by atoms with Crippen LogP contribution in [0.5, 0.6) is 5.75 Å². The number of amides is 1. The first-order valence-electron chi connectivity index (χ1n) is 11.2. The van der Waals surface area contributed by atoms with E-state index in [2.05, 4.69) is 32.6 Å². The fourth-order valence-corrected chi connectivity index (χ4v) is 5.26. The van der Waals surface area contributed by atoms with E-state index in [1.807, 2.05) is 18.5 Å². The van der Waals surface area contributed by atoms with E-state index in [0.29, 0.717) is 17.5 Å². The fraction of sp³-hybridized carbons (Fsp3) is 0.478. The largest absolute Gasteiger partial charge is 0.482 e. The van der Waals surface area contributed by atoms with E-state index in [1.54, 1.807) is 23.7 Å². The molecule has 0 saturated carbocycles.